The van der Waals surface area contributed by atoms with E-state index in [1.54, 1.807) is 30.5 Å². The predicted molar refractivity (Wildman–Crippen MR) is 105 cm³/mol. The van der Waals surface area contributed by atoms with Crippen molar-refractivity contribution in [3.8, 4) is 0 Å². The quantitative estimate of drug-likeness (QED) is 0.457. The van der Waals surface area contributed by atoms with E-state index in [4.69, 9.17) is 23.2 Å². The molecule has 1 unspecified atom stereocenters. The van der Waals surface area contributed by atoms with Gasteiger partial charge < -0.3 is 0 Å². The van der Waals surface area contributed by atoms with E-state index in [1.165, 1.54) is 5.19 Å². The highest BCUT2D eigenvalue weighted by Crippen LogP contribution is 2.28. The van der Waals surface area contributed by atoms with Crippen molar-refractivity contribution in [2.24, 2.45) is 0 Å². The fourth-order valence-electron chi connectivity index (χ4n) is 2.59. The Morgan fingerprint density at radius 1 is 1.08 bits per heavy atom. The van der Waals surface area contributed by atoms with E-state index in [0.717, 1.165) is 16.4 Å². The highest BCUT2D eigenvalue weighted by atomic mass is 35.5. The standard InChI is InChI=1S/C17H17Cl2N3SSi/c1-24(12-22-11-20-10-21-22,17-5-3-2-4-6-17)13-23-16-8-14(18)7-15(19)9-16/h2-11H,12-13H2,1H3. The average Bonchev–Trinajstić information content (AvgIpc) is 3.06. The van der Waals surface area contributed by atoms with Crippen molar-refractivity contribution in [1.29, 1.82) is 0 Å². The summed E-state index contributed by atoms with van der Waals surface area (Å²) in [6, 6.07) is 16.4. The number of aromatic nitrogens is 3. The van der Waals surface area contributed by atoms with Gasteiger partial charge >= 0.3 is 0 Å². The van der Waals surface area contributed by atoms with Gasteiger partial charge in [0.1, 0.15) is 20.7 Å². The Labute approximate surface area is 157 Å². The highest BCUT2D eigenvalue weighted by Gasteiger charge is 2.31. The van der Waals surface area contributed by atoms with Crippen molar-refractivity contribution in [1.82, 2.24) is 14.8 Å². The van der Waals surface area contributed by atoms with Gasteiger partial charge in [0.15, 0.2) is 0 Å². The minimum atomic E-state index is -1.81. The zero-order valence-electron chi connectivity index (χ0n) is 13.2. The van der Waals surface area contributed by atoms with Crippen LogP contribution in [0.5, 0.6) is 0 Å². The van der Waals surface area contributed by atoms with Crippen molar-refractivity contribution in [2.75, 3.05) is 5.38 Å². The number of hydrogen-bond donors (Lipinski definition) is 0. The molecule has 0 aliphatic rings. The van der Waals surface area contributed by atoms with Crippen molar-refractivity contribution in [2.45, 2.75) is 17.6 Å². The molecule has 0 saturated carbocycles. The van der Waals surface area contributed by atoms with Gasteiger partial charge in [0, 0.05) is 21.1 Å². The summed E-state index contributed by atoms with van der Waals surface area (Å²) in [4.78, 5) is 5.17. The Hall–Kier alpha value is -1.27. The van der Waals surface area contributed by atoms with Crippen LogP contribution in [0.4, 0.5) is 0 Å². The minimum absolute atomic E-state index is 0.671. The van der Waals surface area contributed by atoms with Crippen LogP contribution in [0.3, 0.4) is 0 Å². The fourth-order valence-corrected chi connectivity index (χ4v) is 8.69. The summed E-state index contributed by atoms with van der Waals surface area (Å²) in [5.74, 6) is 0. The van der Waals surface area contributed by atoms with Gasteiger partial charge in [-0.3, -0.25) is 4.68 Å². The van der Waals surface area contributed by atoms with E-state index in [0.29, 0.717) is 10.0 Å². The first-order valence-corrected chi connectivity index (χ1v) is 12.2. The van der Waals surface area contributed by atoms with Gasteiger partial charge in [-0.2, -0.15) is 5.10 Å². The first-order valence-electron chi connectivity index (χ1n) is 7.52. The van der Waals surface area contributed by atoms with E-state index < -0.39 is 8.07 Å². The Bertz CT molecular complexity index is 779. The predicted octanol–water partition coefficient (Wildman–Crippen LogP) is 4.44. The number of thioether (sulfide) groups is 1. The SMILES string of the molecule is C[Si](CSc1cc(Cl)cc(Cl)c1)(Cn1cncn1)c1ccccc1. The van der Waals surface area contributed by atoms with Crippen LogP contribution in [-0.4, -0.2) is 28.2 Å². The molecule has 3 rings (SSSR count). The van der Waals surface area contributed by atoms with E-state index in [-0.39, 0.29) is 0 Å². The summed E-state index contributed by atoms with van der Waals surface area (Å²) in [5, 5.41) is 8.05. The van der Waals surface area contributed by atoms with Crippen LogP contribution in [-0.2, 0) is 6.17 Å². The molecule has 3 aromatic rings. The van der Waals surface area contributed by atoms with Crippen molar-refractivity contribution in [3.05, 3.63) is 71.2 Å². The fraction of sp³-hybridized carbons (Fsp3) is 0.176. The molecule has 0 saturated heterocycles. The first kappa shape index (κ1) is 17.5. The second-order valence-corrected chi connectivity index (χ2v) is 12.7. The maximum atomic E-state index is 6.12. The molecular weight excluding hydrogens is 377 g/mol. The lowest BCUT2D eigenvalue weighted by molar-refractivity contribution is 0.725. The smallest absolute Gasteiger partial charge is 0.137 e. The van der Waals surface area contributed by atoms with Crippen molar-refractivity contribution in [3.63, 3.8) is 0 Å². The normalized spacial score (nSPS) is 13.6. The molecule has 24 heavy (non-hydrogen) atoms. The number of benzene rings is 2. The molecule has 0 bridgehead atoms. The molecule has 1 atom stereocenters. The average molecular weight is 394 g/mol. The van der Waals surface area contributed by atoms with Gasteiger partial charge in [-0.1, -0.05) is 65.3 Å². The van der Waals surface area contributed by atoms with Gasteiger partial charge in [-0.05, 0) is 23.6 Å². The van der Waals surface area contributed by atoms with Gasteiger partial charge in [0.25, 0.3) is 0 Å². The zero-order chi connectivity index (χ0) is 17.0. The summed E-state index contributed by atoms with van der Waals surface area (Å²) in [6.45, 7) is 2.38. The molecule has 0 radical (unpaired) electrons. The molecule has 0 amide bonds. The van der Waals surface area contributed by atoms with E-state index >= 15 is 0 Å². The molecule has 7 heteroatoms. The van der Waals surface area contributed by atoms with Crippen LogP contribution in [0.25, 0.3) is 0 Å². The minimum Gasteiger partial charge on any atom is -0.255 e. The van der Waals surface area contributed by atoms with Crippen molar-refractivity contribution < 1.29 is 0 Å². The second-order valence-electron chi connectivity index (χ2n) is 5.91. The maximum absolute atomic E-state index is 6.12. The largest absolute Gasteiger partial charge is 0.255 e. The lowest BCUT2D eigenvalue weighted by Gasteiger charge is -2.27. The summed E-state index contributed by atoms with van der Waals surface area (Å²) < 4.78 is 1.94. The van der Waals surface area contributed by atoms with Crippen LogP contribution in [0.15, 0.2) is 66.1 Å². The molecule has 1 heterocycles. The number of rotatable bonds is 6. The van der Waals surface area contributed by atoms with Crippen LogP contribution < -0.4 is 5.19 Å². The van der Waals surface area contributed by atoms with E-state index in [2.05, 4.69) is 47.0 Å². The molecule has 1 aromatic heterocycles. The molecule has 124 valence electrons. The summed E-state index contributed by atoms with van der Waals surface area (Å²) in [6.07, 6.45) is 4.26. The Morgan fingerprint density at radius 3 is 2.42 bits per heavy atom. The molecule has 3 nitrogen and oxygen atoms in total. The van der Waals surface area contributed by atoms with Gasteiger partial charge in [0.2, 0.25) is 0 Å². The van der Waals surface area contributed by atoms with Gasteiger partial charge in [0.05, 0.1) is 0 Å². The van der Waals surface area contributed by atoms with Crippen LogP contribution in [0, 0.1) is 0 Å². The topological polar surface area (TPSA) is 30.7 Å². The molecule has 2 aromatic carbocycles. The van der Waals surface area contributed by atoms with Gasteiger partial charge in [-0.25, -0.2) is 4.98 Å². The molecule has 0 fully saturated rings. The maximum Gasteiger partial charge on any atom is 0.137 e. The third-order valence-electron chi connectivity index (χ3n) is 3.84. The Morgan fingerprint density at radius 2 is 1.79 bits per heavy atom. The van der Waals surface area contributed by atoms with Crippen LogP contribution >= 0.6 is 35.0 Å². The third kappa shape index (κ3) is 4.42. The van der Waals surface area contributed by atoms with Crippen LogP contribution in [0.2, 0.25) is 16.6 Å². The summed E-state index contributed by atoms with van der Waals surface area (Å²) in [5.41, 5.74) is 0. The summed E-state index contributed by atoms with van der Waals surface area (Å²) in [7, 11) is -1.81. The molecule has 0 aliphatic heterocycles. The Kier molecular flexibility index (Phi) is 5.66. The number of hydrogen-bond acceptors (Lipinski definition) is 3. The first-order chi connectivity index (χ1) is 11.5. The van der Waals surface area contributed by atoms with Crippen LogP contribution in [0.1, 0.15) is 0 Å². The highest BCUT2D eigenvalue weighted by molar-refractivity contribution is 8.01. The Balaban J connectivity index is 1.84. The third-order valence-corrected chi connectivity index (χ3v) is 10.7. The molecule has 0 N–H and O–H groups in total. The van der Waals surface area contributed by atoms with Gasteiger partial charge in [-0.15, -0.1) is 11.8 Å². The second kappa shape index (κ2) is 7.74. The summed E-state index contributed by atoms with van der Waals surface area (Å²) >= 11 is 14.1. The molecule has 0 spiro atoms. The monoisotopic (exact) mass is 393 g/mol. The van der Waals surface area contributed by atoms with E-state index in [1.807, 2.05) is 16.8 Å². The molecular formula is C17H17Cl2N3SSi. The lowest BCUT2D eigenvalue weighted by atomic mass is 10.4. The number of halogens is 2. The number of nitrogens with zero attached hydrogens (tertiary/aromatic N) is 3. The molecule has 0 aliphatic carbocycles. The zero-order valence-corrected chi connectivity index (χ0v) is 16.5. The van der Waals surface area contributed by atoms with E-state index in [9.17, 15) is 0 Å². The van der Waals surface area contributed by atoms with Crippen molar-refractivity contribution >= 4 is 48.2 Å². The lowest BCUT2D eigenvalue weighted by Crippen LogP contribution is -2.52.